The molecule has 0 aromatic heterocycles. The second-order valence-corrected chi connectivity index (χ2v) is 6.19. The van der Waals surface area contributed by atoms with E-state index in [9.17, 15) is 0 Å². The van der Waals surface area contributed by atoms with Crippen molar-refractivity contribution < 1.29 is 4.74 Å². The second kappa shape index (κ2) is 5.34. The lowest BCUT2D eigenvalue weighted by molar-refractivity contribution is -0.100. The van der Waals surface area contributed by atoms with E-state index in [0.717, 1.165) is 30.3 Å². The first-order valence-electron chi connectivity index (χ1n) is 6.55. The van der Waals surface area contributed by atoms with E-state index in [0.29, 0.717) is 12.0 Å². The van der Waals surface area contributed by atoms with Crippen molar-refractivity contribution in [2.45, 2.75) is 54.1 Å². The summed E-state index contributed by atoms with van der Waals surface area (Å²) in [5, 5.41) is 0. The Bertz CT molecular complexity index is 184. The third-order valence-corrected chi connectivity index (χ3v) is 3.96. The molecule has 1 nitrogen and oxygen atoms in total. The number of hydrogen-bond acceptors (Lipinski definition) is 1. The van der Waals surface area contributed by atoms with Crippen molar-refractivity contribution in [2.75, 3.05) is 6.61 Å². The van der Waals surface area contributed by atoms with Crippen molar-refractivity contribution >= 4 is 0 Å². The van der Waals surface area contributed by atoms with Crippen molar-refractivity contribution in [3.63, 3.8) is 0 Å². The molecule has 0 N–H and O–H groups in total. The van der Waals surface area contributed by atoms with Gasteiger partial charge >= 0.3 is 0 Å². The van der Waals surface area contributed by atoms with Gasteiger partial charge in [-0.2, -0.15) is 0 Å². The molecular weight excluding hydrogens is 184 g/mol. The van der Waals surface area contributed by atoms with E-state index in [1.807, 2.05) is 0 Å². The van der Waals surface area contributed by atoms with Gasteiger partial charge in [0.2, 0.25) is 0 Å². The molecule has 0 bridgehead atoms. The first-order valence-corrected chi connectivity index (χ1v) is 6.55. The van der Waals surface area contributed by atoms with Crippen LogP contribution < -0.4 is 0 Å². The zero-order valence-electron chi connectivity index (χ0n) is 11.3. The Labute approximate surface area is 95.6 Å². The highest BCUT2D eigenvalue weighted by Gasteiger charge is 2.35. The molecule has 1 rings (SSSR count). The van der Waals surface area contributed by atoms with E-state index in [1.165, 1.54) is 6.42 Å². The van der Waals surface area contributed by atoms with Crippen LogP contribution in [0.4, 0.5) is 0 Å². The van der Waals surface area contributed by atoms with Crippen molar-refractivity contribution in [1.29, 1.82) is 0 Å². The quantitative estimate of drug-likeness (QED) is 0.687. The minimum atomic E-state index is 0.486. The average molecular weight is 212 g/mol. The number of rotatable bonds is 3. The van der Waals surface area contributed by atoms with Gasteiger partial charge in [0.05, 0.1) is 12.7 Å². The zero-order chi connectivity index (χ0) is 11.6. The van der Waals surface area contributed by atoms with Gasteiger partial charge in [0.15, 0.2) is 0 Å². The van der Waals surface area contributed by atoms with Crippen LogP contribution in [0, 0.1) is 29.6 Å². The maximum absolute atomic E-state index is 6.09. The molecule has 0 amide bonds. The lowest BCUT2D eigenvalue weighted by Crippen LogP contribution is -2.41. The average Bonchev–Trinajstić information content (AvgIpc) is 2.16. The summed E-state index contributed by atoms with van der Waals surface area (Å²) in [7, 11) is 0. The molecule has 90 valence electrons. The van der Waals surface area contributed by atoms with E-state index < -0.39 is 0 Å². The van der Waals surface area contributed by atoms with E-state index in [1.54, 1.807) is 0 Å². The molecule has 3 unspecified atom stereocenters. The first-order chi connectivity index (χ1) is 6.93. The topological polar surface area (TPSA) is 9.23 Å². The molecule has 1 heteroatoms. The van der Waals surface area contributed by atoms with Crippen LogP contribution in [0.25, 0.3) is 0 Å². The fourth-order valence-corrected chi connectivity index (χ4v) is 2.71. The van der Waals surface area contributed by atoms with Crippen LogP contribution in [0.1, 0.15) is 48.0 Å². The van der Waals surface area contributed by atoms with Gasteiger partial charge < -0.3 is 4.74 Å². The molecule has 15 heavy (non-hydrogen) atoms. The van der Waals surface area contributed by atoms with Crippen LogP contribution in [-0.4, -0.2) is 12.7 Å². The normalized spacial score (nSPS) is 33.0. The molecule has 1 fully saturated rings. The van der Waals surface area contributed by atoms with Crippen LogP contribution in [-0.2, 0) is 4.74 Å². The first kappa shape index (κ1) is 13.0. The Morgan fingerprint density at radius 2 is 1.47 bits per heavy atom. The summed E-state index contributed by atoms with van der Waals surface area (Å²) in [5.41, 5.74) is 0. The smallest absolute Gasteiger partial charge is 0.0628 e. The Balaban J connectivity index is 2.65. The van der Waals surface area contributed by atoms with Crippen LogP contribution in [0.15, 0.2) is 0 Å². The van der Waals surface area contributed by atoms with Crippen molar-refractivity contribution in [2.24, 2.45) is 29.6 Å². The molecule has 0 aliphatic carbocycles. The molecular formula is C14H28O. The third kappa shape index (κ3) is 3.21. The predicted molar refractivity (Wildman–Crippen MR) is 65.9 cm³/mol. The maximum atomic E-state index is 6.09. The van der Waals surface area contributed by atoms with Gasteiger partial charge in [-0.15, -0.1) is 0 Å². The van der Waals surface area contributed by atoms with Crippen LogP contribution in [0.2, 0.25) is 0 Å². The third-order valence-electron chi connectivity index (χ3n) is 3.96. The summed E-state index contributed by atoms with van der Waals surface area (Å²) in [6.45, 7) is 14.9. The van der Waals surface area contributed by atoms with Crippen LogP contribution in [0.5, 0.6) is 0 Å². The minimum absolute atomic E-state index is 0.486. The van der Waals surface area contributed by atoms with Crippen molar-refractivity contribution in [3.05, 3.63) is 0 Å². The Morgan fingerprint density at radius 3 is 1.87 bits per heavy atom. The van der Waals surface area contributed by atoms with E-state index in [4.69, 9.17) is 4.74 Å². The van der Waals surface area contributed by atoms with Crippen molar-refractivity contribution in [3.8, 4) is 0 Å². The standard InChI is InChI=1S/C14H28O/c1-9(2)12-7-13(10(3)4)14(11(5)6)15-8-12/h9-14H,7-8H2,1-6H3. The fraction of sp³-hybridized carbons (Fsp3) is 1.00. The highest BCUT2D eigenvalue weighted by Crippen LogP contribution is 2.36. The second-order valence-electron chi connectivity index (χ2n) is 6.19. The SMILES string of the molecule is CC(C)C1COC(C(C)C)C(C(C)C)C1. The summed E-state index contributed by atoms with van der Waals surface area (Å²) >= 11 is 0. The fourth-order valence-electron chi connectivity index (χ4n) is 2.71. The monoisotopic (exact) mass is 212 g/mol. The number of hydrogen-bond donors (Lipinski definition) is 0. The highest BCUT2D eigenvalue weighted by molar-refractivity contribution is 4.83. The molecule has 0 saturated carbocycles. The lowest BCUT2D eigenvalue weighted by Gasteiger charge is -2.42. The Hall–Kier alpha value is -0.0400. The van der Waals surface area contributed by atoms with Gasteiger partial charge in [-0.05, 0) is 36.0 Å². The molecule has 0 aromatic rings. The van der Waals surface area contributed by atoms with Gasteiger partial charge in [-0.1, -0.05) is 41.5 Å². The zero-order valence-corrected chi connectivity index (χ0v) is 11.3. The minimum Gasteiger partial charge on any atom is -0.377 e. The molecule has 1 heterocycles. The van der Waals surface area contributed by atoms with E-state index in [2.05, 4.69) is 41.5 Å². The Kier molecular flexibility index (Phi) is 4.64. The largest absolute Gasteiger partial charge is 0.377 e. The van der Waals surface area contributed by atoms with Crippen LogP contribution >= 0.6 is 0 Å². The molecule has 1 aliphatic heterocycles. The summed E-state index contributed by atoms with van der Waals surface area (Å²) in [4.78, 5) is 0. The molecule has 3 atom stereocenters. The van der Waals surface area contributed by atoms with E-state index >= 15 is 0 Å². The molecule has 1 aliphatic rings. The lowest BCUT2D eigenvalue weighted by atomic mass is 9.74. The summed E-state index contributed by atoms with van der Waals surface area (Å²) in [6.07, 6.45) is 1.85. The summed E-state index contributed by atoms with van der Waals surface area (Å²) in [5.74, 6) is 3.70. The van der Waals surface area contributed by atoms with E-state index in [-0.39, 0.29) is 0 Å². The van der Waals surface area contributed by atoms with Gasteiger partial charge in [-0.3, -0.25) is 0 Å². The molecule has 0 spiro atoms. The molecule has 0 aromatic carbocycles. The highest BCUT2D eigenvalue weighted by atomic mass is 16.5. The van der Waals surface area contributed by atoms with Crippen LogP contribution in [0.3, 0.4) is 0 Å². The van der Waals surface area contributed by atoms with Gasteiger partial charge in [0.1, 0.15) is 0 Å². The predicted octanol–water partition coefficient (Wildman–Crippen LogP) is 3.98. The summed E-state index contributed by atoms with van der Waals surface area (Å²) < 4.78 is 6.09. The maximum Gasteiger partial charge on any atom is 0.0628 e. The molecule has 0 radical (unpaired) electrons. The molecule has 1 saturated heterocycles. The van der Waals surface area contributed by atoms with Gasteiger partial charge in [0, 0.05) is 0 Å². The Morgan fingerprint density at radius 1 is 0.867 bits per heavy atom. The number of ether oxygens (including phenoxy) is 1. The van der Waals surface area contributed by atoms with Crippen molar-refractivity contribution in [1.82, 2.24) is 0 Å². The van der Waals surface area contributed by atoms with Gasteiger partial charge in [0.25, 0.3) is 0 Å². The van der Waals surface area contributed by atoms with Gasteiger partial charge in [-0.25, -0.2) is 0 Å². The summed E-state index contributed by atoms with van der Waals surface area (Å²) in [6, 6.07) is 0.